The Balaban J connectivity index is 1.55. The maximum Gasteiger partial charge on any atom is 0.243 e. The van der Waals surface area contributed by atoms with Gasteiger partial charge < -0.3 is 10.1 Å². The number of carbonyl (C=O) groups excluding carboxylic acids is 1. The molecule has 1 fully saturated rings. The number of benzene rings is 3. The number of carbonyl (C=O) groups is 1. The standard InChI is InChI=1S/C26H27BrN2O4S/c27-20-15-17-23(18-16-20)34(31,32)29(21-9-3-1-4-10-21)19-26(30)28-24-13-7-8-14-25(24)33-22-11-5-2-6-12-22/h2,5-8,11-18,21H,1,3-4,9-10,19H2,(H,28,30). The van der Waals surface area contributed by atoms with Crippen molar-refractivity contribution in [3.8, 4) is 11.5 Å². The summed E-state index contributed by atoms with van der Waals surface area (Å²) in [6, 6.07) is 22.7. The molecule has 0 spiro atoms. The van der Waals surface area contributed by atoms with Crippen molar-refractivity contribution in [3.05, 3.63) is 83.3 Å². The van der Waals surface area contributed by atoms with Crippen LogP contribution in [0.15, 0.2) is 88.2 Å². The molecular formula is C26H27BrN2O4S. The van der Waals surface area contributed by atoms with E-state index in [0.717, 1.165) is 36.6 Å². The Morgan fingerprint density at radius 3 is 2.26 bits per heavy atom. The minimum absolute atomic E-state index is 0.182. The van der Waals surface area contributed by atoms with Crippen LogP contribution in [-0.2, 0) is 14.8 Å². The van der Waals surface area contributed by atoms with Gasteiger partial charge in [0.25, 0.3) is 0 Å². The Morgan fingerprint density at radius 1 is 0.912 bits per heavy atom. The van der Waals surface area contributed by atoms with Crippen LogP contribution in [0.1, 0.15) is 32.1 Å². The predicted molar refractivity (Wildman–Crippen MR) is 136 cm³/mol. The summed E-state index contributed by atoms with van der Waals surface area (Å²) in [4.78, 5) is 13.3. The smallest absolute Gasteiger partial charge is 0.243 e. The number of anilines is 1. The Morgan fingerprint density at radius 2 is 1.56 bits per heavy atom. The molecule has 0 bridgehead atoms. The summed E-state index contributed by atoms with van der Waals surface area (Å²) in [6.45, 7) is -0.261. The molecule has 1 N–H and O–H groups in total. The van der Waals surface area contributed by atoms with Crippen LogP contribution in [0.3, 0.4) is 0 Å². The molecule has 0 aromatic heterocycles. The molecule has 0 aliphatic heterocycles. The molecule has 8 heteroatoms. The molecule has 3 aromatic carbocycles. The summed E-state index contributed by atoms with van der Waals surface area (Å²) in [5.74, 6) is 0.725. The van der Waals surface area contributed by atoms with Crippen LogP contribution in [0, 0.1) is 0 Å². The van der Waals surface area contributed by atoms with Gasteiger partial charge in [0.15, 0.2) is 5.75 Å². The molecule has 178 valence electrons. The first-order valence-electron chi connectivity index (χ1n) is 11.3. The van der Waals surface area contributed by atoms with Gasteiger partial charge in [-0.15, -0.1) is 0 Å². The van der Waals surface area contributed by atoms with Gasteiger partial charge in [-0.2, -0.15) is 4.31 Å². The minimum atomic E-state index is -3.84. The molecule has 34 heavy (non-hydrogen) atoms. The molecule has 0 heterocycles. The Kier molecular flexibility index (Phi) is 8.03. The highest BCUT2D eigenvalue weighted by atomic mass is 79.9. The number of nitrogens with zero attached hydrogens (tertiary/aromatic N) is 1. The quantitative estimate of drug-likeness (QED) is 0.367. The lowest BCUT2D eigenvalue weighted by Crippen LogP contribution is -2.45. The molecule has 0 radical (unpaired) electrons. The first-order valence-corrected chi connectivity index (χ1v) is 13.6. The maximum absolute atomic E-state index is 13.5. The van der Waals surface area contributed by atoms with E-state index in [1.54, 1.807) is 42.5 Å². The van der Waals surface area contributed by atoms with E-state index in [9.17, 15) is 13.2 Å². The molecule has 3 aromatic rings. The molecule has 0 saturated heterocycles. The highest BCUT2D eigenvalue weighted by Crippen LogP contribution is 2.31. The van der Waals surface area contributed by atoms with Crippen molar-refractivity contribution >= 4 is 37.5 Å². The third-order valence-electron chi connectivity index (χ3n) is 5.83. The van der Waals surface area contributed by atoms with Crippen molar-refractivity contribution in [1.29, 1.82) is 0 Å². The van der Waals surface area contributed by atoms with Gasteiger partial charge in [-0.25, -0.2) is 8.42 Å². The lowest BCUT2D eigenvalue weighted by atomic mass is 9.95. The van der Waals surface area contributed by atoms with Crippen molar-refractivity contribution in [2.45, 2.75) is 43.0 Å². The average molecular weight is 543 g/mol. The number of ether oxygens (including phenoxy) is 1. The van der Waals surface area contributed by atoms with Crippen molar-refractivity contribution in [2.75, 3.05) is 11.9 Å². The first-order chi connectivity index (χ1) is 16.4. The number of nitrogens with one attached hydrogen (secondary N) is 1. The van der Waals surface area contributed by atoms with Crippen LogP contribution in [0.2, 0.25) is 0 Å². The zero-order valence-corrected chi connectivity index (χ0v) is 21.1. The van der Waals surface area contributed by atoms with Gasteiger partial charge in [0.2, 0.25) is 15.9 Å². The summed E-state index contributed by atoms with van der Waals surface area (Å²) >= 11 is 3.35. The fourth-order valence-electron chi connectivity index (χ4n) is 4.13. The lowest BCUT2D eigenvalue weighted by molar-refractivity contribution is -0.116. The maximum atomic E-state index is 13.5. The Bertz CT molecular complexity index is 1210. The Labute approximate surface area is 209 Å². The number of rotatable bonds is 8. The number of para-hydroxylation sites is 3. The van der Waals surface area contributed by atoms with Crippen molar-refractivity contribution in [1.82, 2.24) is 4.31 Å². The van der Waals surface area contributed by atoms with Crippen LogP contribution < -0.4 is 10.1 Å². The highest BCUT2D eigenvalue weighted by molar-refractivity contribution is 9.10. The molecule has 1 saturated carbocycles. The summed E-state index contributed by atoms with van der Waals surface area (Å²) in [6.07, 6.45) is 4.48. The van der Waals surface area contributed by atoms with Crippen molar-refractivity contribution in [3.63, 3.8) is 0 Å². The Hall–Kier alpha value is -2.68. The predicted octanol–water partition coefficient (Wildman–Crippen LogP) is 6.20. The minimum Gasteiger partial charge on any atom is -0.455 e. The van der Waals surface area contributed by atoms with E-state index >= 15 is 0 Å². The van der Waals surface area contributed by atoms with Gasteiger partial charge >= 0.3 is 0 Å². The third kappa shape index (κ3) is 6.05. The number of halogens is 1. The van der Waals surface area contributed by atoms with Crippen LogP contribution in [0.4, 0.5) is 5.69 Å². The summed E-state index contributed by atoms with van der Waals surface area (Å²) in [7, 11) is -3.84. The number of hydrogen-bond acceptors (Lipinski definition) is 4. The van der Waals surface area contributed by atoms with Crippen molar-refractivity contribution in [2.24, 2.45) is 0 Å². The van der Waals surface area contributed by atoms with Gasteiger partial charge in [0.1, 0.15) is 5.75 Å². The van der Waals surface area contributed by atoms with E-state index in [0.29, 0.717) is 17.2 Å². The second-order valence-corrected chi connectivity index (χ2v) is 11.1. The summed E-state index contributed by atoms with van der Waals surface area (Å²) in [5, 5.41) is 2.86. The van der Waals surface area contributed by atoms with Gasteiger partial charge in [-0.3, -0.25) is 4.79 Å². The molecule has 0 atom stereocenters. The van der Waals surface area contributed by atoms with Gasteiger partial charge in [-0.05, 0) is 61.4 Å². The SMILES string of the molecule is O=C(CN(C1CCCCC1)S(=O)(=O)c1ccc(Br)cc1)Nc1ccccc1Oc1ccccc1. The van der Waals surface area contributed by atoms with Gasteiger partial charge in [0.05, 0.1) is 17.1 Å². The monoisotopic (exact) mass is 542 g/mol. The molecule has 1 aliphatic carbocycles. The second kappa shape index (κ2) is 11.2. The summed E-state index contributed by atoms with van der Waals surface area (Å²) in [5.41, 5.74) is 0.487. The van der Waals surface area contributed by atoms with Gasteiger partial charge in [-0.1, -0.05) is 65.5 Å². The van der Waals surface area contributed by atoms with Crippen LogP contribution in [-0.4, -0.2) is 31.2 Å². The van der Waals surface area contributed by atoms with E-state index in [-0.39, 0.29) is 17.5 Å². The van der Waals surface area contributed by atoms with E-state index in [4.69, 9.17) is 4.74 Å². The molecule has 6 nitrogen and oxygen atoms in total. The topological polar surface area (TPSA) is 75.7 Å². The molecule has 1 amide bonds. The molecule has 0 unspecified atom stereocenters. The average Bonchev–Trinajstić information content (AvgIpc) is 2.85. The van der Waals surface area contributed by atoms with E-state index < -0.39 is 15.9 Å². The fraction of sp³-hybridized carbons (Fsp3) is 0.269. The normalized spacial score (nSPS) is 14.6. The molecule has 1 aliphatic rings. The van der Waals surface area contributed by atoms with E-state index in [1.807, 2.05) is 36.4 Å². The third-order valence-corrected chi connectivity index (χ3v) is 8.28. The molecule has 4 rings (SSSR count). The summed E-state index contributed by atoms with van der Waals surface area (Å²) < 4.78 is 35.2. The van der Waals surface area contributed by atoms with E-state index in [2.05, 4.69) is 21.2 Å². The molecular weight excluding hydrogens is 516 g/mol. The van der Waals surface area contributed by atoms with Crippen LogP contribution in [0.25, 0.3) is 0 Å². The zero-order chi connectivity index (χ0) is 24.0. The number of hydrogen-bond donors (Lipinski definition) is 1. The second-order valence-electron chi connectivity index (χ2n) is 8.26. The van der Waals surface area contributed by atoms with Gasteiger partial charge in [0, 0.05) is 10.5 Å². The fourth-order valence-corrected chi connectivity index (χ4v) is 6.03. The zero-order valence-electron chi connectivity index (χ0n) is 18.7. The highest BCUT2D eigenvalue weighted by Gasteiger charge is 2.34. The van der Waals surface area contributed by atoms with Crippen LogP contribution >= 0.6 is 15.9 Å². The lowest BCUT2D eigenvalue weighted by Gasteiger charge is -2.33. The van der Waals surface area contributed by atoms with E-state index in [1.165, 1.54) is 4.31 Å². The number of sulfonamides is 1. The number of amides is 1. The van der Waals surface area contributed by atoms with Crippen molar-refractivity contribution < 1.29 is 17.9 Å². The first kappa shape index (κ1) is 24.4. The van der Waals surface area contributed by atoms with Crippen LogP contribution in [0.5, 0.6) is 11.5 Å². The largest absolute Gasteiger partial charge is 0.455 e.